The predicted octanol–water partition coefficient (Wildman–Crippen LogP) is 1.51. The fraction of sp³-hybridized carbons (Fsp3) is 0. The van der Waals surface area contributed by atoms with Gasteiger partial charge in [-0.3, -0.25) is 0 Å². The van der Waals surface area contributed by atoms with Gasteiger partial charge in [0.25, 0.3) is 0 Å². The second-order valence-electron chi connectivity index (χ2n) is 3.66. The fourth-order valence-electron chi connectivity index (χ4n) is 1.77. The molecule has 6 nitrogen and oxygen atoms in total. The van der Waals surface area contributed by atoms with Gasteiger partial charge in [-0.15, -0.1) is 0 Å². The van der Waals surface area contributed by atoms with Crippen molar-refractivity contribution in [3.05, 3.63) is 48.5 Å². The minimum atomic E-state index is -1.09. The lowest BCUT2D eigenvalue weighted by Crippen LogP contribution is -2.03. The lowest BCUT2D eigenvalue weighted by atomic mass is 10.3. The van der Waals surface area contributed by atoms with Gasteiger partial charge in [0.1, 0.15) is 6.33 Å². The van der Waals surface area contributed by atoms with Crippen LogP contribution in [0.1, 0.15) is 10.5 Å². The van der Waals surface area contributed by atoms with Crippen molar-refractivity contribution < 1.29 is 9.90 Å². The molecule has 6 heteroatoms. The number of aromatic carboxylic acids is 1. The summed E-state index contributed by atoms with van der Waals surface area (Å²) in [4.78, 5) is 18.9. The Morgan fingerprint density at radius 1 is 1.17 bits per heavy atom. The largest absolute Gasteiger partial charge is 0.476 e. The molecule has 0 aliphatic rings. The van der Waals surface area contributed by atoms with Gasteiger partial charge in [-0.25, -0.2) is 19.4 Å². The summed E-state index contributed by atoms with van der Waals surface area (Å²) in [7, 11) is 0. The third kappa shape index (κ3) is 1.51. The third-order valence-electron chi connectivity index (χ3n) is 2.57. The molecule has 0 fully saturated rings. The molecule has 88 valence electrons. The van der Waals surface area contributed by atoms with Gasteiger partial charge in [0.05, 0.1) is 17.3 Å². The Morgan fingerprint density at radius 3 is 2.67 bits per heavy atom. The maximum absolute atomic E-state index is 11.0. The number of rotatable bonds is 2. The van der Waals surface area contributed by atoms with Gasteiger partial charge in [0.15, 0.2) is 11.3 Å². The smallest absolute Gasteiger partial charge is 0.355 e. The van der Waals surface area contributed by atoms with Crippen LogP contribution in [0.15, 0.2) is 42.9 Å². The Bertz CT molecular complexity index is 721. The first-order valence-corrected chi connectivity index (χ1v) is 5.25. The molecule has 0 atom stereocenters. The van der Waals surface area contributed by atoms with Crippen molar-refractivity contribution in [3.8, 4) is 5.69 Å². The normalized spacial score (nSPS) is 10.7. The van der Waals surface area contributed by atoms with E-state index in [0.717, 1.165) is 5.69 Å². The van der Waals surface area contributed by atoms with Crippen molar-refractivity contribution in [1.29, 1.82) is 0 Å². The van der Waals surface area contributed by atoms with E-state index in [9.17, 15) is 4.79 Å². The second kappa shape index (κ2) is 3.92. The highest BCUT2D eigenvalue weighted by molar-refractivity contribution is 5.99. The Morgan fingerprint density at radius 2 is 1.94 bits per heavy atom. The van der Waals surface area contributed by atoms with Gasteiger partial charge < -0.3 is 5.11 Å². The highest BCUT2D eigenvalue weighted by Crippen LogP contribution is 2.17. The number of nitrogens with zero attached hydrogens (tertiary/aromatic N) is 4. The average molecular weight is 240 g/mol. The van der Waals surface area contributed by atoms with E-state index < -0.39 is 5.97 Å². The number of benzene rings is 1. The molecule has 0 bridgehead atoms. The lowest BCUT2D eigenvalue weighted by Gasteiger charge is -2.02. The molecule has 0 radical (unpaired) electrons. The minimum absolute atomic E-state index is 0.0396. The van der Waals surface area contributed by atoms with Crippen LogP contribution in [0.4, 0.5) is 0 Å². The number of carboxylic acid groups (broad SMARTS) is 1. The highest BCUT2D eigenvalue weighted by Gasteiger charge is 2.15. The summed E-state index contributed by atoms with van der Waals surface area (Å²) in [5, 5.41) is 13.6. The van der Waals surface area contributed by atoms with E-state index in [1.165, 1.54) is 12.5 Å². The van der Waals surface area contributed by atoms with Crippen molar-refractivity contribution in [1.82, 2.24) is 19.7 Å². The number of hydrogen-bond donors (Lipinski definition) is 1. The van der Waals surface area contributed by atoms with Crippen LogP contribution in [0.5, 0.6) is 0 Å². The number of carboxylic acids is 1. The van der Waals surface area contributed by atoms with E-state index in [1.807, 2.05) is 30.3 Å². The molecule has 0 aliphatic heterocycles. The zero-order chi connectivity index (χ0) is 12.5. The summed E-state index contributed by atoms with van der Waals surface area (Å²) in [5.41, 5.74) is 1.26. The standard InChI is InChI=1S/C12H8N4O2/c17-12(18)10-9-6-15-16(11(9)14-7-13-10)8-4-2-1-3-5-8/h1-7H,(H,17,18). The average Bonchev–Trinajstić information content (AvgIpc) is 2.83. The van der Waals surface area contributed by atoms with Gasteiger partial charge in [-0.2, -0.15) is 5.10 Å². The maximum Gasteiger partial charge on any atom is 0.355 e. The van der Waals surface area contributed by atoms with Crippen LogP contribution >= 0.6 is 0 Å². The number of carbonyl (C=O) groups is 1. The molecule has 1 aromatic carbocycles. The molecule has 2 aromatic heterocycles. The molecule has 1 N–H and O–H groups in total. The maximum atomic E-state index is 11.0. The van der Waals surface area contributed by atoms with E-state index in [0.29, 0.717) is 11.0 Å². The quantitative estimate of drug-likeness (QED) is 0.734. The van der Waals surface area contributed by atoms with E-state index in [-0.39, 0.29) is 5.69 Å². The first-order valence-electron chi connectivity index (χ1n) is 5.25. The van der Waals surface area contributed by atoms with Gasteiger partial charge in [-0.05, 0) is 12.1 Å². The molecule has 0 saturated carbocycles. The Balaban J connectivity index is 2.28. The number of fused-ring (bicyclic) bond motifs is 1. The molecule has 3 rings (SSSR count). The van der Waals surface area contributed by atoms with Crippen LogP contribution in [-0.2, 0) is 0 Å². The molecular weight excluding hydrogens is 232 g/mol. The topological polar surface area (TPSA) is 80.9 Å². The molecule has 0 amide bonds. The highest BCUT2D eigenvalue weighted by atomic mass is 16.4. The van der Waals surface area contributed by atoms with Gasteiger partial charge in [0.2, 0.25) is 0 Å². The SMILES string of the molecule is O=C(O)c1ncnc2c1cnn2-c1ccccc1. The van der Waals surface area contributed by atoms with Gasteiger partial charge >= 0.3 is 5.97 Å². The zero-order valence-electron chi connectivity index (χ0n) is 9.19. The molecule has 0 aliphatic carbocycles. The molecule has 3 aromatic rings. The van der Waals surface area contributed by atoms with E-state index in [2.05, 4.69) is 15.1 Å². The third-order valence-corrected chi connectivity index (χ3v) is 2.57. The monoisotopic (exact) mass is 240 g/mol. The summed E-state index contributed by atoms with van der Waals surface area (Å²) in [5.74, 6) is -1.09. The predicted molar refractivity (Wildman–Crippen MR) is 63.6 cm³/mol. The van der Waals surface area contributed by atoms with Crippen LogP contribution in [0.25, 0.3) is 16.7 Å². The Hall–Kier alpha value is -2.76. The Kier molecular flexibility index (Phi) is 2.26. The van der Waals surface area contributed by atoms with Crippen molar-refractivity contribution in [2.45, 2.75) is 0 Å². The van der Waals surface area contributed by atoms with Crippen molar-refractivity contribution >= 4 is 17.0 Å². The van der Waals surface area contributed by atoms with Crippen molar-refractivity contribution in [2.75, 3.05) is 0 Å². The van der Waals surface area contributed by atoms with E-state index in [4.69, 9.17) is 5.11 Å². The molecule has 0 unspecified atom stereocenters. The van der Waals surface area contributed by atoms with Gasteiger partial charge in [-0.1, -0.05) is 18.2 Å². The summed E-state index contributed by atoms with van der Waals surface area (Å²) in [6.07, 6.45) is 2.69. The molecule has 2 heterocycles. The zero-order valence-corrected chi connectivity index (χ0v) is 9.19. The molecule has 0 saturated heterocycles. The lowest BCUT2D eigenvalue weighted by molar-refractivity contribution is 0.0692. The molecule has 18 heavy (non-hydrogen) atoms. The molecular formula is C12H8N4O2. The van der Waals surface area contributed by atoms with Crippen LogP contribution in [0.2, 0.25) is 0 Å². The fourth-order valence-corrected chi connectivity index (χ4v) is 1.77. The van der Waals surface area contributed by atoms with E-state index >= 15 is 0 Å². The second-order valence-corrected chi connectivity index (χ2v) is 3.66. The first-order chi connectivity index (χ1) is 8.77. The van der Waals surface area contributed by atoms with Crippen LogP contribution in [0.3, 0.4) is 0 Å². The van der Waals surface area contributed by atoms with Crippen molar-refractivity contribution in [2.24, 2.45) is 0 Å². The van der Waals surface area contributed by atoms with E-state index in [1.54, 1.807) is 4.68 Å². The summed E-state index contributed by atoms with van der Waals surface area (Å²) in [6.45, 7) is 0. The Labute approximate surface area is 102 Å². The number of para-hydroxylation sites is 1. The number of aromatic nitrogens is 4. The first kappa shape index (κ1) is 10.4. The van der Waals surface area contributed by atoms with Crippen molar-refractivity contribution in [3.63, 3.8) is 0 Å². The van der Waals surface area contributed by atoms with Crippen LogP contribution in [-0.4, -0.2) is 30.8 Å². The number of hydrogen-bond acceptors (Lipinski definition) is 4. The molecule has 0 spiro atoms. The van der Waals surface area contributed by atoms with Crippen LogP contribution < -0.4 is 0 Å². The van der Waals surface area contributed by atoms with Crippen LogP contribution in [0, 0.1) is 0 Å². The summed E-state index contributed by atoms with van der Waals surface area (Å²) >= 11 is 0. The van der Waals surface area contributed by atoms with Gasteiger partial charge in [0, 0.05) is 0 Å². The summed E-state index contributed by atoms with van der Waals surface area (Å²) < 4.78 is 1.59. The minimum Gasteiger partial charge on any atom is -0.476 e. The summed E-state index contributed by atoms with van der Waals surface area (Å²) in [6, 6.07) is 9.39.